The molecule has 0 aromatic carbocycles. The van der Waals surface area contributed by atoms with Gasteiger partial charge in [0.25, 0.3) is 0 Å². The van der Waals surface area contributed by atoms with Crippen molar-refractivity contribution in [1.29, 1.82) is 0 Å². The predicted octanol–water partition coefficient (Wildman–Crippen LogP) is 3.73. The van der Waals surface area contributed by atoms with E-state index in [0.29, 0.717) is 5.41 Å². The molecule has 3 atom stereocenters. The van der Waals surface area contributed by atoms with E-state index < -0.39 is 0 Å². The number of hydrogen-bond donors (Lipinski definition) is 1. The minimum absolute atomic E-state index is 0.595. The lowest BCUT2D eigenvalue weighted by atomic mass is 9.86. The molecule has 0 amide bonds. The summed E-state index contributed by atoms with van der Waals surface area (Å²) in [6.07, 6.45) is 9.92. The maximum atomic E-state index is 3.90. The molecule has 0 heterocycles. The second kappa shape index (κ2) is 4.45. The number of nitrogens with one attached hydrogen (secondary N) is 1. The Morgan fingerprint density at radius 3 is 2.47 bits per heavy atom. The molecular formula is C14H27N. The first-order valence-corrected chi connectivity index (χ1v) is 6.81. The minimum Gasteiger partial charge on any atom is -0.311 e. The molecule has 1 heteroatoms. The molecule has 0 radical (unpaired) electrons. The average Bonchev–Trinajstić information content (AvgIpc) is 2.45. The van der Waals surface area contributed by atoms with Gasteiger partial charge in [-0.05, 0) is 43.4 Å². The van der Waals surface area contributed by atoms with Crippen LogP contribution in [0.1, 0.15) is 65.7 Å². The van der Waals surface area contributed by atoms with Crippen LogP contribution in [0.15, 0.2) is 0 Å². The minimum atomic E-state index is 0.595. The van der Waals surface area contributed by atoms with Gasteiger partial charge in [0.2, 0.25) is 0 Å². The van der Waals surface area contributed by atoms with Crippen molar-refractivity contribution in [3.8, 4) is 0 Å². The highest BCUT2D eigenvalue weighted by molar-refractivity contribution is 4.89. The van der Waals surface area contributed by atoms with Gasteiger partial charge in [0.1, 0.15) is 0 Å². The summed E-state index contributed by atoms with van der Waals surface area (Å²) in [5.41, 5.74) is 0.595. The molecule has 15 heavy (non-hydrogen) atoms. The van der Waals surface area contributed by atoms with Gasteiger partial charge in [-0.3, -0.25) is 0 Å². The first-order valence-electron chi connectivity index (χ1n) is 6.81. The van der Waals surface area contributed by atoms with E-state index >= 15 is 0 Å². The molecule has 0 bridgehead atoms. The summed E-state index contributed by atoms with van der Waals surface area (Å²) >= 11 is 0. The molecule has 2 fully saturated rings. The summed E-state index contributed by atoms with van der Waals surface area (Å²) in [6.45, 7) is 7.24. The van der Waals surface area contributed by atoms with Gasteiger partial charge in [0, 0.05) is 12.1 Å². The van der Waals surface area contributed by atoms with Crippen LogP contribution in [0.5, 0.6) is 0 Å². The van der Waals surface area contributed by atoms with Gasteiger partial charge in [-0.15, -0.1) is 0 Å². The van der Waals surface area contributed by atoms with E-state index in [1.165, 1.54) is 44.9 Å². The summed E-state index contributed by atoms with van der Waals surface area (Å²) in [5, 5.41) is 3.90. The zero-order valence-electron chi connectivity index (χ0n) is 10.7. The van der Waals surface area contributed by atoms with Gasteiger partial charge < -0.3 is 5.32 Å². The summed E-state index contributed by atoms with van der Waals surface area (Å²) < 4.78 is 0. The van der Waals surface area contributed by atoms with E-state index in [9.17, 15) is 0 Å². The Hall–Kier alpha value is -0.0400. The van der Waals surface area contributed by atoms with Crippen molar-refractivity contribution in [2.75, 3.05) is 0 Å². The summed E-state index contributed by atoms with van der Waals surface area (Å²) in [6, 6.07) is 1.64. The number of hydrogen-bond acceptors (Lipinski definition) is 1. The Morgan fingerprint density at radius 1 is 1.07 bits per heavy atom. The molecule has 0 aromatic rings. The van der Waals surface area contributed by atoms with E-state index in [1.54, 1.807) is 0 Å². The van der Waals surface area contributed by atoms with Gasteiger partial charge in [-0.25, -0.2) is 0 Å². The summed E-state index contributed by atoms with van der Waals surface area (Å²) in [4.78, 5) is 0. The predicted molar refractivity (Wildman–Crippen MR) is 66.0 cm³/mol. The number of rotatable bonds is 2. The highest BCUT2D eigenvalue weighted by Gasteiger charge is 2.32. The summed E-state index contributed by atoms with van der Waals surface area (Å²) in [7, 11) is 0. The highest BCUT2D eigenvalue weighted by Crippen LogP contribution is 2.37. The standard InChI is InChI=1S/C14H27N/c1-11-5-4-6-12(9-11)15-13-7-8-14(2,3)10-13/h11-13,15H,4-10H2,1-3H3. The molecule has 2 saturated carbocycles. The van der Waals surface area contributed by atoms with Crippen LogP contribution in [0, 0.1) is 11.3 Å². The molecule has 1 N–H and O–H groups in total. The first-order chi connectivity index (χ1) is 7.05. The molecule has 0 aliphatic heterocycles. The van der Waals surface area contributed by atoms with Crippen molar-refractivity contribution in [3.05, 3.63) is 0 Å². The van der Waals surface area contributed by atoms with E-state index in [4.69, 9.17) is 0 Å². The molecule has 1 nitrogen and oxygen atoms in total. The van der Waals surface area contributed by atoms with Crippen LogP contribution in [-0.2, 0) is 0 Å². The van der Waals surface area contributed by atoms with Gasteiger partial charge >= 0.3 is 0 Å². The lowest BCUT2D eigenvalue weighted by molar-refractivity contribution is 0.272. The largest absolute Gasteiger partial charge is 0.311 e. The first kappa shape index (κ1) is 11.4. The maximum Gasteiger partial charge on any atom is 0.00749 e. The Morgan fingerprint density at radius 2 is 1.87 bits per heavy atom. The van der Waals surface area contributed by atoms with Crippen LogP contribution in [0.3, 0.4) is 0 Å². The molecule has 2 aliphatic carbocycles. The molecule has 3 unspecified atom stereocenters. The van der Waals surface area contributed by atoms with Crippen molar-refractivity contribution in [3.63, 3.8) is 0 Å². The normalized spacial score (nSPS) is 40.6. The smallest absolute Gasteiger partial charge is 0.00749 e. The molecule has 2 aliphatic rings. The zero-order chi connectivity index (χ0) is 10.9. The molecular weight excluding hydrogens is 182 g/mol. The molecule has 0 saturated heterocycles. The lowest BCUT2D eigenvalue weighted by Crippen LogP contribution is -2.40. The quantitative estimate of drug-likeness (QED) is 0.730. The zero-order valence-corrected chi connectivity index (χ0v) is 10.7. The van der Waals surface area contributed by atoms with Crippen molar-refractivity contribution >= 4 is 0 Å². The third-order valence-corrected chi connectivity index (χ3v) is 4.38. The van der Waals surface area contributed by atoms with Crippen molar-refractivity contribution < 1.29 is 0 Å². The lowest BCUT2D eigenvalue weighted by Gasteiger charge is -2.30. The third kappa shape index (κ3) is 3.21. The third-order valence-electron chi connectivity index (χ3n) is 4.38. The fourth-order valence-electron chi connectivity index (χ4n) is 3.50. The van der Waals surface area contributed by atoms with Gasteiger partial charge in [-0.2, -0.15) is 0 Å². The maximum absolute atomic E-state index is 3.90. The van der Waals surface area contributed by atoms with E-state index in [1.807, 2.05) is 0 Å². The Balaban J connectivity index is 1.77. The topological polar surface area (TPSA) is 12.0 Å². The second-order valence-electron chi connectivity index (χ2n) is 6.74. The van der Waals surface area contributed by atoms with Crippen LogP contribution < -0.4 is 5.32 Å². The Bertz CT molecular complexity index is 209. The van der Waals surface area contributed by atoms with Gasteiger partial charge in [-0.1, -0.05) is 33.6 Å². The van der Waals surface area contributed by atoms with Crippen LogP contribution in [-0.4, -0.2) is 12.1 Å². The second-order valence-corrected chi connectivity index (χ2v) is 6.74. The van der Waals surface area contributed by atoms with E-state index in [2.05, 4.69) is 26.1 Å². The van der Waals surface area contributed by atoms with Crippen molar-refractivity contribution in [2.45, 2.75) is 77.8 Å². The van der Waals surface area contributed by atoms with E-state index in [-0.39, 0.29) is 0 Å². The van der Waals surface area contributed by atoms with Gasteiger partial charge in [0.15, 0.2) is 0 Å². The van der Waals surface area contributed by atoms with Crippen LogP contribution >= 0.6 is 0 Å². The van der Waals surface area contributed by atoms with Crippen LogP contribution in [0.2, 0.25) is 0 Å². The Kier molecular flexibility index (Phi) is 3.39. The Labute approximate surface area is 95.0 Å². The van der Waals surface area contributed by atoms with Gasteiger partial charge in [0.05, 0.1) is 0 Å². The fraction of sp³-hybridized carbons (Fsp3) is 1.00. The highest BCUT2D eigenvalue weighted by atomic mass is 15.0. The van der Waals surface area contributed by atoms with Crippen LogP contribution in [0.25, 0.3) is 0 Å². The molecule has 88 valence electrons. The van der Waals surface area contributed by atoms with Crippen molar-refractivity contribution in [2.24, 2.45) is 11.3 Å². The SMILES string of the molecule is CC1CCCC(NC2CCC(C)(C)C2)C1. The average molecular weight is 209 g/mol. The van der Waals surface area contributed by atoms with Crippen molar-refractivity contribution in [1.82, 2.24) is 5.32 Å². The van der Waals surface area contributed by atoms with Crippen LogP contribution in [0.4, 0.5) is 0 Å². The fourth-order valence-corrected chi connectivity index (χ4v) is 3.50. The molecule has 2 rings (SSSR count). The monoisotopic (exact) mass is 209 g/mol. The van der Waals surface area contributed by atoms with E-state index in [0.717, 1.165) is 18.0 Å². The summed E-state index contributed by atoms with van der Waals surface area (Å²) in [5.74, 6) is 0.950. The molecule has 0 aromatic heterocycles. The molecule has 0 spiro atoms.